The molecule has 2 aliphatic heterocycles. The summed E-state index contributed by atoms with van der Waals surface area (Å²) in [5, 5.41) is 13.7. The lowest BCUT2D eigenvalue weighted by Crippen LogP contribution is -2.38. The minimum absolute atomic E-state index is 0.319. The van der Waals surface area contributed by atoms with Gasteiger partial charge in [0.2, 0.25) is 0 Å². The van der Waals surface area contributed by atoms with Crippen LogP contribution in [0.3, 0.4) is 0 Å². The zero-order valence-corrected chi connectivity index (χ0v) is 15.2. The molecule has 1 fully saturated rings. The van der Waals surface area contributed by atoms with E-state index in [1.54, 1.807) is 46.5 Å². The number of hydrogen-bond donors (Lipinski definition) is 0. The molecule has 0 saturated carbocycles. The normalized spacial score (nSPS) is 19.2. The number of carbonyl (C=O) groups excluding carboxylic acids is 1. The minimum atomic E-state index is -0.503. The van der Waals surface area contributed by atoms with E-state index in [0.717, 1.165) is 0 Å². The van der Waals surface area contributed by atoms with Crippen molar-refractivity contribution in [1.29, 1.82) is 0 Å². The molecular weight excluding hydrogens is 365 g/mol. The lowest BCUT2D eigenvalue weighted by molar-refractivity contribution is 0.129. The van der Waals surface area contributed by atoms with Crippen LogP contribution in [0, 0.1) is 5.82 Å². The Labute approximate surface area is 161 Å². The standard InChI is InChI=1S/C18H20FN7O2/c1-2-6-24-9-8-23(13-21-24)17-4-3-14(10-16(17)19)26-12-15(28-18(26)27)11-25-7-5-20-22-25/h2-5,7,10,13,15H,1,6,8-9,11-12H2/t15-/m0/s1. The maximum Gasteiger partial charge on any atom is 0.414 e. The molecule has 10 heteroatoms. The number of hydrogen-bond acceptors (Lipinski definition) is 7. The molecule has 0 bridgehead atoms. The average molecular weight is 385 g/mol. The molecule has 0 unspecified atom stereocenters. The van der Waals surface area contributed by atoms with Gasteiger partial charge in [0.25, 0.3) is 0 Å². The maximum atomic E-state index is 14.7. The third-order valence-corrected chi connectivity index (χ3v) is 4.58. The van der Waals surface area contributed by atoms with Gasteiger partial charge in [0.15, 0.2) is 0 Å². The lowest BCUT2D eigenvalue weighted by Gasteiger charge is -2.29. The van der Waals surface area contributed by atoms with Crippen molar-refractivity contribution >= 4 is 23.8 Å². The molecule has 4 rings (SSSR count). The second-order valence-electron chi connectivity index (χ2n) is 6.50. The van der Waals surface area contributed by atoms with Crippen LogP contribution in [0.15, 0.2) is 48.3 Å². The van der Waals surface area contributed by atoms with E-state index in [-0.39, 0.29) is 6.10 Å². The number of anilines is 2. The van der Waals surface area contributed by atoms with Gasteiger partial charge < -0.3 is 9.64 Å². The van der Waals surface area contributed by atoms with Gasteiger partial charge in [-0.25, -0.2) is 13.9 Å². The second-order valence-corrected chi connectivity index (χ2v) is 6.50. The van der Waals surface area contributed by atoms with Gasteiger partial charge in [0.1, 0.15) is 18.3 Å². The summed E-state index contributed by atoms with van der Waals surface area (Å²) in [6.45, 7) is 6.34. The Hall–Kier alpha value is -3.43. The number of hydrazone groups is 1. The van der Waals surface area contributed by atoms with Crippen LogP contribution in [-0.2, 0) is 11.3 Å². The van der Waals surface area contributed by atoms with Crippen molar-refractivity contribution < 1.29 is 13.9 Å². The van der Waals surface area contributed by atoms with E-state index in [0.29, 0.717) is 44.1 Å². The number of benzene rings is 1. The lowest BCUT2D eigenvalue weighted by atomic mass is 10.2. The molecule has 1 aromatic carbocycles. The van der Waals surface area contributed by atoms with Crippen LogP contribution in [0.2, 0.25) is 0 Å². The van der Waals surface area contributed by atoms with Gasteiger partial charge in [-0.15, -0.1) is 11.7 Å². The molecular formula is C18H20FN7O2. The quantitative estimate of drug-likeness (QED) is 0.704. The summed E-state index contributed by atoms with van der Waals surface area (Å²) in [4.78, 5) is 15.4. The van der Waals surface area contributed by atoms with Crippen molar-refractivity contribution in [2.45, 2.75) is 12.6 Å². The Morgan fingerprint density at radius 1 is 1.36 bits per heavy atom. The van der Waals surface area contributed by atoms with Crippen molar-refractivity contribution in [2.75, 3.05) is 36.0 Å². The first-order chi connectivity index (χ1) is 13.6. The number of nitrogens with zero attached hydrogens (tertiary/aromatic N) is 7. The molecule has 0 radical (unpaired) electrons. The van der Waals surface area contributed by atoms with Gasteiger partial charge in [0, 0.05) is 12.7 Å². The first-order valence-electron chi connectivity index (χ1n) is 8.92. The largest absolute Gasteiger partial charge is 0.442 e. The van der Waals surface area contributed by atoms with E-state index >= 15 is 0 Å². The fourth-order valence-corrected chi connectivity index (χ4v) is 3.21. The molecule has 1 aromatic heterocycles. The number of rotatable bonds is 6. The third kappa shape index (κ3) is 3.66. The van der Waals surface area contributed by atoms with Crippen LogP contribution < -0.4 is 9.80 Å². The number of cyclic esters (lactones) is 1. The Bertz CT molecular complexity index is 886. The topological polar surface area (TPSA) is 79.1 Å². The molecule has 0 spiro atoms. The van der Waals surface area contributed by atoms with Gasteiger partial charge in [-0.2, -0.15) is 5.10 Å². The number of carbonyl (C=O) groups is 1. The van der Waals surface area contributed by atoms with Crippen molar-refractivity contribution in [1.82, 2.24) is 20.0 Å². The molecule has 9 nitrogen and oxygen atoms in total. The summed E-state index contributed by atoms with van der Waals surface area (Å²) in [7, 11) is 0. The zero-order chi connectivity index (χ0) is 19.5. The minimum Gasteiger partial charge on any atom is -0.442 e. The summed E-state index contributed by atoms with van der Waals surface area (Å²) >= 11 is 0. The van der Waals surface area contributed by atoms with Crippen molar-refractivity contribution in [3.8, 4) is 0 Å². The number of ether oxygens (including phenoxy) is 1. The smallest absolute Gasteiger partial charge is 0.414 e. The van der Waals surface area contributed by atoms with Gasteiger partial charge in [-0.3, -0.25) is 9.91 Å². The SMILES string of the molecule is C=CCN1CCN(c2ccc(N3C[C@H](Cn4ccnn4)OC3=O)cc2F)C=N1. The fourth-order valence-electron chi connectivity index (χ4n) is 3.21. The number of halogens is 1. The summed E-state index contributed by atoms with van der Waals surface area (Å²) in [6.07, 6.45) is 5.75. The Balaban J connectivity index is 1.45. The van der Waals surface area contributed by atoms with Crippen LogP contribution >= 0.6 is 0 Å². The first-order valence-corrected chi connectivity index (χ1v) is 8.92. The highest BCUT2D eigenvalue weighted by Gasteiger charge is 2.33. The highest BCUT2D eigenvalue weighted by molar-refractivity contribution is 5.90. The van der Waals surface area contributed by atoms with Gasteiger partial charge in [-0.1, -0.05) is 11.3 Å². The maximum absolute atomic E-state index is 14.7. The van der Waals surface area contributed by atoms with Crippen LogP contribution in [-0.4, -0.2) is 64.7 Å². The summed E-state index contributed by atoms with van der Waals surface area (Å²) in [5.41, 5.74) is 0.868. The Morgan fingerprint density at radius 2 is 2.25 bits per heavy atom. The van der Waals surface area contributed by atoms with Crippen molar-refractivity contribution in [3.63, 3.8) is 0 Å². The summed E-state index contributed by atoms with van der Waals surface area (Å²) in [5.74, 6) is -0.423. The highest BCUT2D eigenvalue weighted by atomic mass is 19.1. The van der Waals surface area contributed by atoms with E-state index < -0.39 is 11.9 Å². The Kier molecular flexibility index (Phi) is 4.92. The highest BCUT2D eigenvalue weighted by Crippen LogP contribution is 2.28. The zero-order valence-electron chi connectivity index (χ0n) is 15.2. The molecule has 146 valence electrons. The number of amides is 1. The third-order valence-electron chi connectivity index (χ3n) is 4.58. The molecule has 3 heterocycles. The Morgan fingerprint density at radius 3 is 2.93 bits per heavy atom. The summed E-state index contributed by atoms with van der Waals surface area (Å²) < 4.78 is 21.7. The van der Waals surface area contributed by atoms with Crippen molar-refractivity contribution in [3.05, 3.63) is 49.1 Å². The van der Waals surface area contributed by atoms with Crippen LogP contribution in [0.1, 0.15) is 0 Å². The second kappa shape index (κ2) is 7.67. The van der Waals surface area contributed by atoms with Gasteiger partial charge >= 0.3 is 6.09 Å². The molecule has 28 heavy (non-hydrogen) atoms. The first kappa shape index (κ1) is 18.0. The van der Waals surface area contributed by atoms with E-state index in [1.807, 2.05) is 5.01 Å². The van der Waals surface area contributed by atoms with E-state index in [4.69, 9.17) is 4.74 Å². The molecule has 1 atom stereocenters. The average Bonchev–Trinajstić information content (AvgIpc) is 3.32. The predicted octanol–water partition coefficient (Wildman–Crippen LogP) is 1.69. The van der Waals surface area contributed by atoms with E-state index in [1.165, 1.54) is 11.0 Å². The number of aromatic nitrogens is 3. The van der Waals surface area contributed by atoms with Crippen LogP contribution in [0.25, 0.3) is 0 Å². The molecule has 2 aromatic rings. The van der Waals surface area contributed by atoms with E-state index in [2.05, 4.69) is 22.0 Å². The molecule has 1 saturated heterocycles. The summed E-state index contributed by atoms with van der Waals surface area (Å²) in [6, 6.07) is 4.71. The molecule has 0 N–H and O–H groups in total. The van der Waals surface area contributed by atoms with Crippen LogP contribution in [0.5, 0.6) is 0 Å². The molecule has 1 amide bonds. The van der Waals surface area contributed by atoms with Gasteiger partial charge in [-0.05, 0) is 18.2 Å². The van der Waals surface area contributed by atoms with E-state index in [9.17, 15) is 9.18 Å². The van der Waals surface area contributed by atoms with Gasteiger partial charge in [0.05, 0.1) is 43.8 Å². The predicted molar refractivity (Wildman–Crippen MR) is 102 cm³/mol. The van der Waals surface area contributed by atoms with Crippen LogP contribution in [0.4, 0.5) is 20.6 Å². The monoisotopic (exact) mass is 385 g/mol. The molecule has 0 aliphatic carbocycles. The van der Waals surface area contributed by atoms with Crippen molar-refractivity contribution in [2.24, 2.45) is 5.10 Å². The molecule has 2 aliphatic rings. The fraction of sp³-hybridized carbons (Fsp3) is 0.333.